The van der Waals surface area contributed by atoms with Gasteiger partial charge in [0.2, 0.25) is 0 Å². The number of rotatable bonds is 5. The molecule has 0 atom stereocenters. The van der Waals surface area contributed by atoms with E-state index in [-0.39, 0.29) is 12.0 Å². The van der Waals surface area contributed by atoms with E-state index in [2.05, 4.69) is 5.32 Å². The van der Waals surface area contributed by atoms with Crippen molar-refractivity contribution in [2.24, 2.45) is 0 Å². The van der Waals surface area contributed by atoms with Gasteiger partial charge in [-0.1, -0.05) is 0 Å². The zero-order valence-corrected chi connectivity index (χ0v) is 11.6. The van der Waals surface area contributed by atoms with Crippen molar-refractivity contribution in [3.05, 3.63) is 47.9 Å². The average Bonchev–Trinajstić information content (AvgIpc) is 2.90. The van der Waals surface area contributed by atoms with Crippen molar-refractivity contribution in [2.45, 2.75) is 26.5 Å². The van der Waals surface area contributed by atoms with Crippen molar-refractivity contribution in [3.63, 3.8) is 0 Å². The molecule has 0 saturated carbocycles. The molecule has 106 valence electrons. The van der Waals surface area contributed by atoms with Gasteiger partial charge in [0.1, 0.15) is 11.5 Å². The number of carbonyl (C=O) groups excluding carboxylic acids is 1. The molecule has 1 aromatic carbocycles. The van der Waals surface area contributed by atoms with Crippen LogP contribution in [-0.4, -0.2) is 12.0 Å². The maximum absolute atomic E-state index is 12.2. The average molecular weight is 274 g/mol. The lowest BCUT2D eigenvalue weighted by Gasteiger charge is -2.14. The highest BCUT2D eigenvalue weighted by Crippen LogP contribution is 2.22. The Kier molecular flexibility index (Phi) is 4.30. The van der Waals surface area contributed by atoms with E-state index < -0.39 is 0 Å². The monoisotopic (exact) mass is 274 g/mol. The van der Waals surface area contributed by atoms with Gasteiger partial charge >= 0.3 is 0 Å². The number of nitrogens with two attached hydrogens (primary N) is 1. The molecule has 5 heteroatoms. The Labute approximate surface area is 117 Å². The van der Waals surface area contributed by atoms with Crippen LogP contribution >= 0.6 is 0 Å². The molecule has 0 aliphatic carbocycles. The van der Waals surface area contributed by atoms with E-state index in [4.69, 9.17) is 14.9 Å². The number of carbonyl (C=O) groups is 1. The lowest BCUT2D eigenvalue weighted by molar-refractivity contribution is 0.0942. The van der Waals surface area contributed by atoms with E-state index in [0.717, 1.165) is 0 Å². The van der Waals surface area contributed by atoms with Crippen molar-refractivity contribution >= 4 is 11.6 Å². The Morgan fingerprint density at radius 1 is 1.40 bits per heavy atom. The van der Waals surface area contributed by atoms with Gasteiger partial charge in [0.25, 0.3) is 5.91 Å². The highest BCUT2D eigenvalue weighted by molar-refractivity contribution is 5.97. The quantitative estimate of drug-likeness (QED) is 0.821. The summed E-state index contributed by atoms with van der Waals surface area (Å²) in [5.41, 5.74) is 6.67. The van der Waals surface area contributed by atoms with E-state index in [1.54, 1.807) is 36.6 Å². The Bertz CT molecular complexity index is 577. The third kappa shape index (κ3) is 3.54. The first-order valence-corrected chi connectivity index (χ1v) is 6.43. The second-order valence-electron chi connectivity index (χ2n) is 4.68. The standard InChI is InChI=1S/C15H18N2O3/c1-10(2)20-14-6-5-11(16)8-13(14)15(18)17-9-12-4-3-7-19-12/h3-8,10H,9,16H2,1-2H3,(H,17,18). The molecular formula is C15H18N2O3. The van der Waals surface area contributed by atoms with Crippen LogP contribution in [0.2, 0.25) is 0 Å². The summed E-state index contributed by atoms with van der Waals surface area (Å²) in [6.07, 6.45) is 1.55. The predicted octanol–water partition coefficient (Wildman–Crippen LogP) is 2.58. The first-order valence-electron chi connectivity index (χ1n) is 6.43. The number of nitrogen functional groups attached to an aromatic ring is 1. The molecule has 0 aliphatic rings. The molecule has 1 aromatic heterocycles. The van der Waals surface area contributed by atoms with E-state index >= 15 is 0 Å². The van der Waals surface area contributed by atoms with Gasteiger partial charge in [0.05, 0.1) is 24.5 Å². The van der Waals surface area contributed by atoms with Crippen molar-refractivity contribution in [1.29, 1.82) is 0 Å². The topological polar surface area (TPSA) is 77.5 Å². The highest BCUT2D eigenvalue weighted by atomic mass is 16.5. The Morgan fingerprint density at radius 2 is 2.20 bits per heavy atom. The number of hydrogen-bond donors (Lipinski definition) is 2. The van der Waals surface area contributed by atoms with Gasteiger partial charge in [-0.15, -0.1) is 0 Å². The molecular weight excluding hydrogens is 256 g/mol. The maximum atomic E-state index is 12.2. The van der Waals surface area contributed by atoms with Gasteiger partial charge < -0.3 is 20.2 Å². The van der Waals surface area contributed by atoms with E-state index in [9.17, 15) is 4.79 Å². The molecule has 20 heavy (non-hydrogen) atoms. The molecule has 1 amide bonds. The summed E-state index contributed by atoms with van der Waals surface area (Å²) in [5, 5.41) is 2.77. The van der Waals surface area contributed by atoms with E-state index in [0.29, 0.717) is 29.3 Å². The summed E-state index contributed by atoms with van der Waals surface area (Å²) in [4.78, 5) is 12.2. The van der Waals surface area contributed by atoms with Gasteiger partial charge in [0, 0.05) is 5.69 Å². The van der Waals surface area contributed by atoms with Crippen LogP contribution in [0.25, 0.3) is 0 Å². The third-order valence-corrected chi connectivity index (χ3v) is 2.61. The van der Waals surface area contributed by atoms with Crippen molar-refractivity contribution in [3.8, 4) is 5.75 Å². The SMILES string of the molecule is CC(C)Oc1ccc(N)cc1C(=O)NCc1ccco1. The summed E-state index contributed by atoms with van der Waals surface area (Å²) in [7, 11) is 0. The fraction of sp³-hybridized carbons (Fsp3) is 0.267. The van der Waals surface area contributed by atoms with Crippen LogP contribution in [-0.2, 0) is 6.54 Å². The first kappa shape index (κ1) is 14.0. The number of ether oxygens (including phenoxy) is 1. The van der Waals surface area contributed by atoms with Gasteiger partial charge in [-0.25, -0.2) is 0 Å². The number of hydrogen-bond acceptors (Lipinski definition) is 4. The molecule has 0 aliphatic heterocycles. The number of amides is 1. The molecule has 5 nitrogen and oxygen atoms in total. The van der Waals surface area contributed by atoms with Crippen molar-refractivity contribution in [1.82, 2.24) is 5.32 Å². The van der Waals surface area contributed by atoms with Crippen molar-refractivity contribution < 1.29 is 13.9 Å². The second kappa shape index (κ2) is 6.14. The summed E-state index contributed by atoms with van der Waals surface area (Å²) < 4.78 is 10.8. The van der Waals surface area contributed by atoms with Crippen molar-refractivity contribution in [2.75, 3.05) is 5.73 Å². The van der Waals surface area contributed by atoms with Crippen LogP contribution in [0, 0.1) is 0 Å². The summed E-state index contributed by atoms with van der Waals surface area (Å²) in [6.45, 7) is 4.13. The summed E-state index contributed by atoms with van der Waals surface area (Å²) >= 11 is 0. The lowest BCUT2D eigenvalue weighted by Crippen LogP contribution is -2.24. The largest absolute Gasteiger partial charge is 0.490 e. The van der Waals surface area contributed by atoms with Gasteiger partial charge in [-0.05, 0) is 44.2 Å². The highest BCUT2D eigenvalue weighted by Gasteiger charge is 2.14. The Morgan fingerprint density at radius 3 is 2.85 bits per heavy atom. The number of nitrogens with one attached hydrogen (secondary N) is 1. The molecule has 0 spiro atoms. The molecule has 0 unspecified atom stereocenters. The fourth-order valence-electron chi connectivity index (χ4n) is 1.76. The van der Waals surface area contributed by atoms with Crippen LogP contribution in [0.5, 0.6) is 5.75 Å². The molecule has 0 fully saturated rings. The number of furan rings is 1. The molecule has 0 radical (unpaired) electrons. The Hall–Kier alpha value is -2.43. The predicted molar refractivity (Wildman–Crippen MR) is 76.5 cm³/mol. The minimum atomic E-state index is -0.246. The second-order valence-corrected chi connectivity index (χ2v) is 4.68. The van der Waals surface area contributed by atoms with Crippen LogP contribution in [0.3, 0.4) is 0 Å². The van der Waals surface area contributed by atoms with Crippen LogP contribution in [0.15, 0.2) is 41.0 Å². The third-order valence-electron chi connectivity index (χ3n) is 2.61. The Balaban J connectivity index is 2.13. The molecule has 1 heterocycles. The van der Waals surface area contributed by atoms with Crippen LogP contribution in [0.1, 0.15) is 30.0 Å². The van der Waals surface area contributed by atoms with Crippen LogP contribution in [0.4, 0.5) is 5.69 Å². The maximum Gasteiger partial charge on any atom is 0.255 e. The van der Waals surface area contributed by atoms with Gasteiger partial charge in [-0.2, -0.15) is 0 Å². The normalized spacial score (nSPS) is 10.6. The number of benzene rings is 1. The summed E-state index contributed by atoms with van der Waals surface area (Å²) in [6, 6.07) is 8.59. The minimum absolute atomic E-state index is 0.0183. The zero-order valence-electron chi connectivity index (χ0n) is 11.6. The van der Waals surface area contributed by atoms with Gasteiger partial charge in [-0.3, -0.25) is 4.79 Å². The summed E-state index contributed by atoms with van der Waals surface area (Å²) in [5.74, 6) is 0.962. The molecule has 0 bridgehead atoms. The lowest BCUT2D eigenvalue weighted by atomic mass is 10.1. The molecule has 3 N–H and O–H groups in total. The molecule has 0 saturated heterocycles. The minimum Gasteiger partial charge on any atom is -0.490 e. The van der Waals surface area contributed by atoms with E-state index in [1.807, 2.05) is 13.8 Å². The van der Waals surface area contributed by atoms with E-state index in [1.165, 1.54) is 0 Å². The molecule has 2 rings (SSSR count). The number of anilines is 1. The van der Waals surface area contributed by atoms with Crippen LogP contribution < -0.4 is 15.8 Å². The van der Waals surface area contributed by atoms with Gasteiger partial charge in [0.15, 0.2) is 0 Å². The smallest absolute Gasteiger partial charge is 0.255 e. The zero-order chi connectivity index (χ0) is 14.5. The molecule has 2 aromatic rings. The fourth-order valence-corrected chi connectivity index (χ4v) is 1.76. The first-order chi connectivity index (χ1) is 9.56.